The smallest absolute Gasteiger partial charge is 0.183 e. The van der Waals surface area contributed by atoms with E-state index in [1.807, 2.05) is 0 Å². The van der Waals surface area contributed by atoms with E-state index in [-0.39, 0.29) is 5.38 Å². The van der Waals surface area contributed by atoms with Crippen molar-refractivity contribution in [3.05, 3.63) is 10.6 Å². The van der Waals surface area contributed by atoms with E-state index >= 15 is 0 Å². The third kappa shape index (κ3) is 2.89. The van der Waals surface area contributed by atoms with Gasteiger partial charge in [-0.05, 0) is 26.7 Å². The van der Waals surface area contributed by atoms with Crippen LogP contribution < -0.4 is 5.32 Å². The van der Waals surface area contributed by atoms with Crippen LogP contribution in [0.5, 0.6) is 0 Å². The van der Waals surface area contributed by atoms with Crippen molar-refractivity contribution in [2.75, 3.05) is 5.32 Å². The van der Waals surface area contributed by atoms with E-state index in [0.717, 1.165) is 17.2 Å². The van der Waals surface area contributed by atoms with Crippen molar-refractivity contribution in [1.82, 2.24) is 4.98 Å². The molecule has 0 amide bonds. The number of nitrogens with one attached hydrogen (secondary N) is 1. The standard InChI is InChI=1S/C12H19ClN2S/c1-8-9(2)16-12(14-8)15-11-7-5-3-4-6-10(11)13/h10-11H,3-7H2,1-2H3,(H,14,15). The lowest BCUT2D eigenvalue weighted by Crippen LogP contribution is -2.28. The Kier molecular flexibility index (Phi) is 4.09. The highest BCUT2D eigenvalue weighted by Crippen LogP contribution is 2.28. The zero-order valence-corrected chi connectivity index (χ0v) is 11.5. The first-order chi connectivity index (χ1) is 7.66. The minimum atomic E-state index is 0.256. The van der Waals surface area contributed by atoms with Crippen LogP contribution in [-0.2, 0) is 0 Å². The molecule has 2 atom stereocenters. The van der Waals surface area contributed by atoms with Gasteiger partial charge in [-0.2, -0.15) is 0 Å². The fourth-order valence-electron chi connectivity index (χ4n) is 2.12. The van der Waals surface area contributed by atoms with Gasteiger partial charge in [-0.3, -0.25) is 0 Å². The molecule has 0 bridgehead atoms. The Labute approximate surface area is 106 Å². The molecule has 1 aliphatic carbocycles. The summed E-state index contributed by atoms with van der Waals surface area (Å²) in [5.41, 5.74) is 1.13. The zero-order chi connectivity index (χ0) is 11.5. The molecule has 16 heavy (non-hydrogen) atoms. The van der Waals surface area contributed by atoms with E-state index in [1.54, 1.807) is 11.3 Å². The van der Waals surface area contributed by atoms with E-state index in [1.165, 1.54) is 30.6 Å². The summed E-state index contributed by atoms with van der Waals surface area (Å²) in [7, 11) is 0. The molecule has 2 nitrogen and oxygen atoms in total. The van der Waals surface area contributed by atoms with Crippen molar-refractivity contribution < 1.29 is 0 Å². The lowest BCUT2D eigenvalue weighted by Gasteiger charge is -2.20. The summed E-state index contributed by atoms with van der Waals surface area (Å²) >= 11 is 8.13. The average Bonchev–Trinajstić information content (AvgIpc) is 2.44. The average molecular weight is 259 g/mol. The van der Waals surface area contributed by atoms with Gasteiger partial charge in [-0.15, -0.1) is 22.9 Å². The number of halogens is 1. The molecular weight excluding hydrogens is 240 g/mol. The van der Waals surface area contributed by atoms with Crippen LogP contribution in [0, 0.1) is 13.8 Å². The van der Waals surface area contributed by atoms with Crippen LogP contribution in [0.15, 0.2) is 0 Å². The minimum Gasteiger partial charge on any atom is -0.357 e. The number of hydrogen-bond donors (Lipinski definition) is 1. The molecule has 2 rings (SSSR count). The summed E-state index contributed by atoms with van der Waals surface area (Å²) in [6.45, 7) is 4.17. The Morgan fingerprint density at radius 1 is 1.25 bits per heavy atom. The van der Waals surface area contributed by atoms with Crippen molar-refractivity contribution >= 4 is 28.1 Å². The molecule has 90 valence electrons. The summed E-state index contributed by atoms with van der Waals surface area (Å²) < 4.78 is 0. The quantitative estimate of drug-likeness (QED) is 0.638. The molecule has 1 aliphatic rings. The van der Waals surface area contributed by atoms with E-state index in [4.69, 9.17) is 11.6 Å². The Hall–Kier alpha value is -0.280. The summed E-state index contributed by atoms with van der Waals surface area (Å²) in [5, 5.41) is 4.80. The van der Waals surface area contributed by atoms with Crippen LogP contribution in [0.3, 0.4) is 0 Å². The van der Waals surface area contributed by atoms with Crippen molar-refractivity contribution in [2.45, 2.75) is 57.4 Å². The SMILES string of the molecule is Cc1nc(NC2CCCCCC2Cl)sc1C. The number of alkyl halides is 1. The van der Waals surface area contributed by atoms with Crippen molar-refractivity contribution in [2.24, 2.45) is 0 Å². The number of aryl methyl sites for hydroxylation is 2. The van der Waals surface area contributed by atoms with Crippen molar-refractivity contribution in [3.8, 4) is 0 Å². The van der Waals surface area contributed by atoms with Gasteiger partial charge in [0.25, 0.3) is 0 Å². The van der Waals surface area contributed by atoms with Crippen LogP contribution >= 0.6 is 22.9 Å². The van der Waals surface area contributed by atoms with Crippen molar-refractivity contribution in [1.29, 1.82) is 0 Å². The topological polar surface area (TPSA) is 24.9 Å². The van der Waals surface area contributed by atoms with Crippen LogP contribution in [-0.4, -0.2) is 16.4 Å². The molecular formula is C12H19ClN2S. The molecule has 1 aromatic rings. The highest BCUT2D eigenvalue weighted by molar-refractivity contribution is 7.15. The lowest BCUT2D eigenvalue weighted by atomic mass is 10.1. The Balaban J connectivity index is 2.01. The largest absolute Gasteiger partial charge is 0.357 e. The van der Waals surface area contributed by atoms with Gasteiger partial charge in [-0.1, -0.05) is 19.3 Å². The molecule has 1 N–H and O–H groups in total. The zero-order valence-electron chi connectivity index (χ0n) is 9.92. The first-order valence-electron chi connectivity index (χ1n) is 6.01. The molecule has 0 aromatic carbocycles. The van der Waals surface area contributed by atoms with Crippen LogP contribution in [0.25, 0.3) is 0 Å². The van der Waals surface area contributed by atoms with E-state index in [0.29, 0.717) is 6.04 Å². The van der Waals surface area contributed by atoms with Gasteiger partial charge in [0.2, 0.25) is 0 Å². The third-order valence-electron chi connectivity index (χ3n) is 3.27. The Morgan fingerprint density at radius 3 is 2.69 bits per heavy atom. The monoisotopic (exact) mass is 258 g/mol. The maximum atomic E-state index is 6.40. The highest BCUT2D eigenvalue weighted by atomic mass is 35.5. The second-order valence-electron chi connectivity index (χ2n) is 4.57. The van der Waals surface area contributed by atoms with Gasteiger partial charge in [-0.25, -0.2) is 4.98 Å². The van der Waals surface area contributed by atoms with Gasteiger partial charge in [0.1, 0.15) is 0 Å². The summed E-state index contributed by atoms with van der Waals surface area (Å²) in [6, 6.07) is 0.397. The first-order valence-corrected chi connectivity index (χ1v) is 7.27. The molecule has 0 aliphatic heterocycles. The molecule has 4 heteroatoms. The maximum Gasteiger partial charge on any atom is 0.183 e. The van der Waals surface area contributed by atoms with Gasteiger partial charge in [0.05, 0.1) is 11.1 Å². The predicted molar refractivity (Wildman–Crippen MR) is 71.7 cm³/mol. The van der Waals surface area contributed by atoms with Gasteiger partial charge < -0.3 is 5.32 Å². The number of nitrogens with zero attached hydrogens (tertiary/aromatic N) is 1. The second-order valence-corrected chi connectivity index (χ2v) is 6.33. The van der Waals surface area contributed by atoms with Gasteiger partial charge in [0.15, 0.2) is 5.13 Å². The summed E-state index contributed by atoms with van der Waals surface area (Å²) in [6.07, 6.45) is 6.16. The fraction of sp³-hybridized carbons (Fsp3) is 0.750. The van der Waals surface area contributed by atoms with Crippen LogP contribution in [0.4, 0.5) is 5.13 Å². The number of thiazole rings is 1. The fourth-order valence-corrected chi connectivity index (χ4v) is 3.34. The number of rotatable bonds is 2. The number of anilines is 1. The highest BCUT2D eigenvalue weighted by Gasteiger charge is 2.22. The molecule has 0 saturated heterocycles. The number of hydrogen-bond acceptors (Lipinski definition) is 3. The molecule has 1 saturated carbocycles. The van der Waals surface area contributed by atoms with Gasteiger partial charge >= 0.3 is 0 Å². The van der Waals surface area contributed by atoms with Crippen LogP contribution in [0.1, 0.15) is 42.7 Å². The van der Waals surface area contributed by atoms with Gasteiger partial charge in [0, 0.05) is 10.9 Å². The minimum absolute atomic E-state index is 0.256. The molecule has 2 unspecified atom stereocenters. The summed E-state index contributed by atoms with van der Waals surface area (Å²) in [5.74, 6) is 0. The molecule has 0 radical (unpaired) electrons. The van der Waals surface area contributed by atoms with E-state index in [2.05, 4.69) is 24.1 Å². The molecule has 1 aromatic heterocycles. The predicted octanol–water partition coefficient (Wildman–Crippen LogP) is 4.11. The maximum absolute atomic E-state index is 6.40. The molecule has 0 spiro atoms. The van der Waals surface area contributed by atoms with E-state index in [9.17, 15) is 0 Å². The first kappa shape index (κ1) is 12.2. The van der Waals surface area contributed by atoms with E-state index < -0.39 is 0 Å². The number of aromatic nitrogens is 1. The molecule has 1 fully saturated rings. The normalized spacial score (nSPS) is 26.4. The third-order valence-corrected chi connectivity index (χ3v) is 4.80. The van der Waals surface area contributed by atoms with Crippen molar-refractivity contribution in [3.63, 3.8) is 0 Å². The second kappa shape index (κ2) is 5.37. The molecule has 1 heterocycles. The Morgan fingerprint density at radius 2 is 2.00 bits per heavy atom. The van der Waals surface area contributed by atoms with Crippen LogP contribution in [0.2, 0.25) is 0 Å². The lowest BCUT2D eigenvalue weighted by molar-refractivity contribution is 0.626. The summed E-state index contributed by atoms with van der Waals surface area (Å²) in [4.78, 5) is 5.81. The Bertz CT molecular complexity index is 331.